The van der Waals surface area contributed by atoms with Gasteiger partial charge in [0.05, 0.1) is 42.7 Å². The van der Waals surface area contributed by atoms with Crippen molar-refractivity contribution in [1.29, 1.82) is 5.26 Å². The molecule has 2 amide bonds. The van der Waals surface area contributed by atoms with E-state index in [0.29, 0.717) is 50.5 Å². The standard InChI is InChI=1S/C24H23N7O3/c25-11-15-9-16(12-27-22(15)26)18-10-21-24(34-8-7-31(21)29-18)5-6-30(14-24)23(32)28-19-13-33-20-4-2-1-3-17(19)20/h1-4,9-10,12,19H,5-8,13-14H2,(H2,26,27)(H,28,32)/t19-,24?/m1/s1. The van der Waals surface area contributed by atoms with Crippen molar-refractivity contribution in [2.24, 2.45) is 0 Å². The van der Waals surface area contributed by atoms with Gasteiger partial charge < -0.3 is 25.4 Å². The Hall–Kier alpha value is -4.10. The summed E-state index contributed by atoms with van der Waals surface area (Å²) in [4.78, 5) is 19.0. The summed E-state index contributed by atoms with van der Waals surface area (Å²) in [6.07, 6.45) is 2.29. The molecule has 10 heteroatoms. The molecule has 1 unspecified atom stereocenters. The maximum absolute atomic E-state index is 13.1. The molecule has 0 radical (unpaired) electrons. The van der Waals surface area contributed by atoms with Crippen LogP contribution in [-0.2, 0) is 16.9 Å². The average molecular weight is 457 g/mol. The molecule has 2 atom stereocenters. The highest BCUT2D eigenvalue weighted by atomic mass is 16.5. The lowest BCUT2D eigenvalue weighted by molar-refractivity contribution is -0.0701. The lowest BCUT2D eigenvalue weighted by Crippen LogP contribution is -2.45. The molecule has 6 rings (SSSR count). The monoisotopic (exact) mass is 457 g/mol. The Bertz CT molecular complexity index is 1330. The van der Waals surface area contributed by atoms with Crippen molar-refractivity contribution in [2.75, 3.05) is 32.0 Å². The van der Waals surface area contributed by atoms with Gasteiger partial charge in [-0.3, -0.25) is 4.68 Å². The number of rotatable bonds is 2. The van der Waals surface area contributed by atoms with Gasteiger partial charge in [0.2, 0.25) is 0 Å². The van der Waals surface area contributed by atoms with Crippen LogP contribution in [-0.4, -0.2) is 52.0 Å². The van der Waals surface area contributed by atoms with Crippen molar-refractivity contribution in [3.05, 3.63) is 59.4 Å². The normalized spacial score (nSPS) is 22.7. The highest BCUT2D eigenvalue weighted by molar-refractivity contribution is 5.76. The van der Waals surface area contributed by atoms with E-state index in [2.05, 4.69) is 16.4 Å². The minimum absolute atomic E-state index is 0.135. The molecule has 34 heavy (non-hydrogen) atoms. The summed E-state index contributed by atoms with van der Waals surface area (Å²) < 4.78 is 13.9. The maximum atomic E-state index is 13.1. The van der Waals surface area contributed by atoms with Crippen molar-refractivity contribution in [2.45, 2.75) is 24.6 Å². The highest BCUT2D eigenvalue weighted by Crippen LogP contribution is 2.40. The number of aromatic nitrogens is 3. The van der Waals surface area contributed by atoms with Crippen LogP contribution in [0.3, 0.4) is 0 Å². The molecule has 0 aliphatic carbocycles. The van der Waals surface area contributed by atoms with Gasteiger partial charge in [0, 0.05) is 30.3 Å². The molecule has 172 valence electrons. The first kappa shape index (κ1) is 20.5. The zero-order valence-corrected chi connectivity index (χ0v) is 18.4. The molecular formula is C24H23N7O3. The predicted octanol–water partition coefficient (Wildman–Crippen LogP) is 2.17. The number of pyridine rings is 1. The number of urea groups is 1. The summed E-state index contributed by atoms with van der Waals surface area (Å²) in [5.41, 5.74) is 8.80. The van der Waals surface area contributed by atoms with Gasteiger partial charge in [-0.1, -0.05) is 18.2 Å². The first-order valence-corrected chi connectivity index (χ1v) is 11.2. The number of carbonyl (C=O) groups is 1. The number of anilines is 1. The van der Waals surface area contributed by atoms with Gasteiger partial charge in [0.1, 0.15) is 29.8 Å². The van der Waals surface area contributed by atoms with E-state index in [9.17, 15) is 10.1 Å². The Morgan fingerprint density at radius 2 is 2.18 bits per heavy atom. The second kappa shape index (κ2) is 7.74. The van der Waals surface area contributed by atoms with E-state index in [4.69, 9.17) is 20.3 Å². The van der Waals surface area contributed by atoms with Gasteiger partial charge in [-0.15, -0.1) is 0 Å². The number of nitriles is 1. The molecule has 3 aromatic rings. The van der Waals surface area contributed by atoms with Crippen molar-refractivity contribution < 1.29 is 14.3 Å². The van der Waals surface area contributed by atoms with Gasteiger partial charge in [-0.2, -0.15) is 10.4 Å². The number of ether oxygens (including phenoxy) is 2. The summed E-state index contributed by atoms with van der Waals surface area (Å²) in [6, 6.07) is 13.2. The number of likely N-dealkylation sites (tertiary alicyclic amines) is 1. The van der Waals surface area contributed by atoms with Crippen LogP contribution in [0.1, 0.15) is 29.3 Å². The smallest absolute Gasteiger partial charge is 0.318 e. The summed E-state index contributed by atoms with van der Waals surface area (Å²) >= 11 is 0. The van der Waals surface area contributed by atoms with Crippen molar-refractivity contribution in [3.63, 3.8) is 0 Å². The second-order valence-corrected chi connectivity index (χ2v) is 8.77. The number of hydrogen-bond acceptors (Lipinski definition) is 7. The molecule has 2 aromatic heterocycles. The average Bonchev–Trinajstić information content (AvgIpc) is 3.58. The molecule has 1 saturated heterocycles. The third-order valence-electron chi connectivity index (χ3n) is 6.78. The Kier molecular flexibility index (Phi) is 4.67. The molecule has 0 bridgehead atoms. The fraction of sp³-hybridized carbons (Fsp3) is 0.333. The Labute approximate surface area is 195 Å². The van der Waals surface area contributed by atoms with E-state index in [1.54, 1.807) is 17.2 Å². The number of nitrogens with one attached hydrogen (secondary N) is 1. The predicted molar refractivity (Wildman–Crippen MR) is 122 cm³/mol. The van der Waals surface area contributed by atoms with E-state index in [-0.39, 0.29) is 17.9 Å². The van der Waals surface area contributed by atoms with Crippen LogP contribution in [0.4, 0.5) is 10.6 Å². The third kappa shape index (κ3) is 3.24. The van der Waals surface area contributed by atoms with Crippen LogP contribution in [0.5, 0.6) is 5.75 Å². The van der Waals surface area contributed by atoms with E-state index in [0.717, 1.165) is 22.6 Å². The SMILES string of the molecule is N#Cc1cc(-c2cc3n(n2)CCOC32CCN(C(=O)N[C@@H]3COc4ccccc43)C2)cnc1N. The van der Waals surface area contributed by atoms with Gasteiger partial charge >= 0.3 is 6.03 Å². The number of para-hydroxylation sites is 1. The zero-order chi connectivity index (χ0) is 23.3. The molecule has 3 aliphatic heterocycles. The molecule has 1 fully saturated rings. The Balaban J connectivity index is 1.23. The topological polar surface area (TPSA) is 131 Å². The fourth-order valence-electron chi connectivity index (χ4n) is 5.01. The van der Waals surface area contributed by atoms with Crippen molar-refractivity contribution >= 4 is 11.8 Å². The van der Waals surface area contributed by atoms with Gasteiger partial charge in [0.25, 0.3) is 0 Å². The van der Waals surface area contributed by atoms with Crippen LogP contribution in [0.2, 0.25) is 0 Å². The molecule has 1 spiro atoms. The summed E-state index contributed by atoms with van der Waals surface area (Å²) in [7, 11) is 0. The number of amides is 2. The van der Waals surface area contributed by atoms with Crippen LogP contribution < -0.4 is 15.8 Å². The molecule has 1 aromatic carbocycles. The van der Waals surface area contributed by atoms with Crippen molar-refractivity contribution in [1.82, 2.24) is 25.0 Å². The lowest BCUT2D eigenvalue weighted by Gasteiger charge is -2.34. The van der Waals surface area contributed by atoms with Crippen molar-refractivity contribution in [3.8, 4) is 23.1 Å². The largest absolute Gasteiger partial charge is 0.491 e. The Morgan fingerprint density at radius 1 is 1.29 bits per heavy atom. The van der Waals surface area contributed by atoms with E-state index >= 15 is 0 Å². The maximum Gasteiger partial charge on any atom is 0.318 e. The highest BCUT2D eigenvalue weighted by Gasteiger charge is 2.47. The summed E-state index contributed by atoms with van der Waals surface area (Å²) in [6.45, 7) is 2.56. The van der Waals surface area contributed by atoms with Crippen LogP contribution in [0.25, 0.3) is 11.3 Å². The molecule has 5 heterocycles. The number of nitrogen functional groups attached to an aromatic ring is 1. The van der Waals surface area contributed by atoms with E-state index < -0.39 is 5.60 Å². The minimum Gasteiger partial charge on any atom is -0.491 e. The molecule has 3 N–H and O–H groups in total. The molecule has 3 aliphatic rings. The number of fused-ring (bicyclic) bond motifs is 3. The van der Waals surface area contributed by atoms with Crippen LogP contribution in [0.15, 0.2) is 42.6 Å². The molecule has 0 saturated carbocycles. The lowest BCUT2D eigenvalue weighted by atomic mass is 9.96. The number of hydrogen-bond donors (Lipinski definition) is 2. The van der Waals surface area contributed by atoms with Gasteiger partial charge in [-0.05, 0) is 18.2 Å². The minimum atomic E-state index is -0.621. The van der Waals surface area contributed by atoms with E-state index in [1.807, 2.05) is 35.0 Å². The summed E-state index contributed by atoms with van der Waals surface area (Å²) in [5.74, 6) is 1.01. The first-order valence-electron chi connectivity index (χ1n) is 11.2. The molecular weight excluding hydrogens is 434 g/mol. The number of benzene rings is 1. The van der Waals surface area contributed by atoms with Crippen LogP contribution in [0, 0.1) is 11.3 Å². The number of nitrogens with two attached hydrogens (primary N) is 1. The van der Waals surface area contributed by atoms with Gasteiger partial charge in [-0.25, -0.2) is 9.78 Å². The van der Waals surface area contributed by atoms with E-state index in [1.165, 1.54) is 0 Å². The summed E-state index contributed by atoms with van der Waals surface area (Å²) in [5, 5.41) is 17.1. The zero-order valence-electron chi connectivity index (χ0n) is 18.4. The number of nitrogens with zero attached hydrogens (tertiary/aromatic N) is 5. The Morgan fingerprint density at radius 3 is 3.06 bits per heavy atom. The second-order valence-electron chi connectivity index (χ2n) is 8.77. The number of carbonyl (C=O) groups excluding carboxylic acids is 1. The first-order chi connectivity index (χ1) is 16.6. The quantitative estimate of drug-likeness (QED) is 0.603. The molecule has 10 nitrogen and oxygen atoms in total. The van der Waals surface area contributed by atoms with Gasteiger partial charge in [0.15, 0.2) is 0 Å². The van der Waals surface area contributed by atoms with Crippen LogP contribution >= 0.6 is 0 Å². The third-order valence-corrected chi connectivity index (χ3v) is 6.78. The fourth-order valence-corrected chi connectivity index (χ4v) is 5.01.